The Balaban J connectivity index is 0.740. The number of ether oxygens (including phenoxy) is 3. The fourth-order valence-corrected chi connectivity index (χ4v) is 26.0. The highest BCUT2D eigenvalue weighted by molar-refractivity contribution is 5.65. The lowest BCUT2D eigenvalue weighted by molar-refractivity contribution is 0.00469. The molecule has 5 nitrogen and oxygen atoms in total. The van der Waals surface area contributed by atoms with E-state index in [-0.39, 0.29) is 94.2 Å². The third-order valence-corrected chi connectivity index (χ3v) is 32.1. The van der Waals surface area contributed by atoms with Gasteiger partial charge in [0.2, 0.25) is 0 Å². The van der Waals surface area contributed by atoms with Gasteiger partial charge in [-0.3, -0.25) is 0 Å². The molecule has 0 amide bonds. The fraction of sp³-hybridized carbons (Fsp3) is 0.482. The van der Waals surface area contributed by atoms with Crippen molar-refractivity contribution >= 4 is 5.69 Å². The van der Waals surface area contributed by atoms with Gasteiger partial charge in [-0.25, -0.2) is 8.78 Å². The van der Waals surface area contributed by atoms with E-state index in [0.717, 1.165) is 133 Å². The van der Waals surface area contributed by atoms with Gasteiger partial charge in [0.05, 0.1) is 18.2 Å². The first-order valence-electron chi connectivity index (χ1n) is 46.6. The molecule has 0 N–H and O–H groups in total. The van der Waals surface area contributed by atoms with Crippen molar-refractivity contribution in [3.05, 3.63) is 327 Å². The van der Waals surface area contributed by atoms with Crippen molar-refractivity contribution in [1.82, 2.24) is 4.90 Å². The summed E-state index contributed by atoms with van der Waals surface area (Å²) in [6.45, 7) is 30.0. The van der Waals surface area contributed by atoms with Crippen molar-refractivity contribution in [2.24, 2.45) is 75.9 Å². The van der Waals surface area contributed by atoms with Gasteiger partial charge in [-0.1, -0.05) is 265 Å². The lowest BCUT2D eigenvalue weighted by Crippen LogP contribution is -2.50. The Morgan fingerprint density at radius 2 is 1.42 bits per heavy atom. The summed E-state index contributed by atoms with van der Waals surface area (Å²) in [5, 5.41) is 0. The molecule has 0 aromatic heterocycles. The van der Waals surface area contributed by atoms with Gasteiger partial charge in [-0.05, 0) is 288 Å². The maximum Gasteiger partial charge on any atom is 0.128 e. The van der Waals surface area contributed by atoms with E-state index in [0.29, 0.717) is 60.7 Å². The van der Waals surface area contributed by atoms with Crippen LogP contribution < -0.4 is 14.4 Å². The molecule has 18 aliphatic rings. The average molecular weight is 1590 g/mol. The lowest BCUT2D eigenvalue weighted by atomic mass is 9.56. The zero-order valence-electron chi connectivity index (χ0n) is 72.6. The predicted octanol–water partition coefficient (Wildman–Crippen LogP) is 28.1. The Morgan fingerprint density at radius 1 is 0.630 bits per heavy atom. The van der Waals surface area contributed by atoms with Crippen LogP contribution in [0.15, 0.2) is 315 Å². The van der Waals surface area contributed by atoms with Crippen LogP contribution in [0.5, 0.6) is 11.5 Å². The molecular formula is C112H130F2N2O3. The highest BCUT2D eigenvalue weighted by Gasteiger charge is 2.63. The number of anilines is 1. The molecule has 2 aromatic carbocycles. The van der Waals surface area contributed by atoms with Gasteiger partial charge in [0.25, 0.3) is 0 Å². The summed E-state index contributed by atoms with van der Waals surface area (Å²) in [5.41, 5.74) is 25.8. The Hall–Kier alpha value is -8.52. The maximum absolute atomic E-state index is 15.4. The number of hydrogen-bond acceptors (Lipinski definition) is 5. The van der Waals surface area contributed by atoms with E-state index in [1.165, 1.54) is 68.1 Å². The van der Waals surface area contributed by atoms with E-state index in [1.54, 1.807) is 39.5 Å². The van der Waals surface area contributed by atoms with Gasteiger partial charge in [0.1, 0.15) is 35.7 Å². The van der Waals surface area contributed by atoms with E-state index >= 15 is 4.39 Å². The second kappa shape index (κ2) is 32.7. The molecule has 2 bridgehead atoms. The minimum Gasteiger partial charge on any atom is -0.486 e. The molecule has 0 spiro atoms. The van der Waals surface area contributed by atoms with Crippen LogP contribution in [0, 0.1) is 75.9 Å². The molecule has 620 valence electrons. The molecule has 2 aromatic rings. The summed E-state index contributed by atoms with van der Waals surface area (Å²) in [4.78, 5) is 5.85. The number of rotatable bonds is 15. The normalized spacial score (nSPS) is 35.8. The van der Waals surface area contributed by atoms with Crippen LogP contribution in [0.1, 0.15) is 221 Å². The van der Waals surface area contributed by atoms with Crippen molar-refractivity contribution in [2.75, 3.05) is 4.90 Å². The number of allylic oxidation sites excluding steroid dienone is 32. The Bertz CT molecular complexity index is 5080. The zero-order valence-corrected chi connectivity index (χ0v) is 72.6. The molecule has 3 aliphatic heterocycles. The standard InChI is InChI=1S/C112H130F2N2O3/c1-12-72-22-48-87(49-23-72)117-89-52-38-80(39-53-89)112(79-36-34-78(35-37-79)111(9,10)11)104-21-17-16-20-95(104)96-56-45-86(66-105(96)112)115(106-61-69(3)97(60-71(106)5)74-28-40-81(113)41-29-74)84-46-58-108-102(64-84)103-65-85(47-59-109(103)119-108)116-83-44-55-93(99(63-83)76-26-32-77(33-27-76)110(6,7)8)91-18-14-15-19-92(91)94-57-54-90(118-88-50-24-73(13-2)25-51-88)67-100(94)101-68-98(70(4)62-107(101)116)75-30-42-82(114)43-31-75/h12-16,18-20,22-25,28,30,32,34,36,38-40,44-48,50,52-53,55-56,58-59,62,64-65,70-71,76,82-83,86-88,90-92,95-96,98,101-102,104-106,108H,1-2,17,21,26-27,29,31,33,35,37,41-43,49,51,54,57,60-61,63,66-68H2,3-11H3. The number of halogens is 2. The molecule has 15 aliphatic carbocycles. The lowest BCUT2D eigenvalue weighted by Gasteiger charge is -2.51. The fourth-order valence-electron chi connectivity index (χ4n) is 26.0. The molecule has 1 saturated carbocycles. The summed E-state index contributed by atoms with van der Waals surface area (Å²) in [6, 6.07) is 17.3. The summed E-state index contributed by atoms with van der Waals surface area (Å²) >= 11 is 0. The average Bonchev–Trinajstić information content (AvgIpc) is 1.54. The second-order valence-electron chi connectivity index (χ2n) is 40.8. The SMILES string of the molecule is C=CC1=CCC(Oc2ccc(C3(C4=CC=C(C(C)(C)C)CC4)C4CCC=CC4C4C=CC(N(C5=CC6c7cc(N8C9=CC(C)C(C%10=CCC(F)CC%10)CC9C9=C(CCC(OC%10C=CC(C=C)=CC%10)C9)C9C=CC=CC9C9=C(C%10CC=C(C(C)(C)C)CC%10)CC8C=C9)ccc7OC6C=C5)C5CC(C)=C(C6=CC=C(F)CC6)CC5C)CC43)cc2)C=C1. The topological polar surface area (TPSA) is 34.2 Å². The Morgan fingerprint density at radius 3 is 2.13 bits per heavy atom. The third kappa shape index (κ3) is 15.2. The predicted molar refractivity (Wildman–Crippen MR) is 488 cm³/mol. The monoisotopic (exact) mass is 1590 g/mol. The largest absolute Gasteiger partial charge is 0.486 e. The van der Waals surface area contributed by atoms with Gasteiger partial charge in [0.15, 0.2) is 0 Å². The molecule has 0 saturated heterocycles. The van der Waals surface area contributed by atoms with E-state index in [4.69, 9.17) is 14.2 Å². The van der Waals surface area contributed by atoms with Crippen molar-refractivity contribution in [1.29, 1.82) is 0 Å². The van der Waals surface area contributed by atoms with Crippen LogP contribution in [0.4, 0.5) is 14.5 Å². The van der Waals surface area contributed by atoms with Gasteiger partial charge < -0.3 is 24.0 Å². The molecule has 21 atom stereocenters. The zero-order chi connectivity index (χ0) is 81.8. The van der Waals surface area contributed by atoms with Crippen LogP contribution >= 0.6 is 0 Å². The number of alkyl halides is 1. The summed E-state index contributed by atoms with van der Waals surface area (Å²) < 4.78 is 51.9. The molecule has 1 fully saturated rings. The second-order valence-corrected chi connectivity index (χ2v) is 40.8. The smallest absolute Gasteiger partial charge is 0.128 e. The van der Waals surface area contributed by atoms with Crippen LogP contribution in [-0.2, 0) is 10.2 Å². The molecular weight excluding hydrogens is 1460 g/mol. The minimum atomic E-state index is -0.776. The first-order valence-corrected chi connectivity index (χ1v) is 46.6. The van der Waals surface area contributed by atoms with Gasteiger partial charge in [0, 0.05) is 76.7 Å². The summed E-state index contributed by atoms with van der Waals surface area (Å²) in [5.74, 6) is 5.23. The summed E-state index contributed by atoms with van der Waals surface area (Å²) in [7, 11) is 0. The Kier molecular flexibility index (Phi) is 22.0. The van der Waals surface area contributed by atoms with Crippen LogP contribution in [0.2, 0.25) is 0 Å². The van der Waals surface area contributed by atoms with E-state index in [1.807, 2.05) is 12.2 Å². The van der Waals surface area contributed by atoms with Crippen molar-refractivity contribution in [3.8, 4) is 11.5 Å². The van der Waals surface area contributed by atoms with E-state index < -0.39 is 6.17 Å². The Labute approximate surface area is 711 Å². The first kappa shape index (κ1) is 80.2. The first-order chi connectivity index (χ1) is 57.6. The number of benzene rings is 2. The van der Waals surface area contributed by atoms with Crippen molar-refractivity contribution < 1.29 is 23.0 Å². The molecule has 20 rings (SSSR count). The van der Waals surface area contributed by atoms with Crippen LogP contribution in [-0.4, -0.2) is 53.6 Å². The highest BCUT2D eigenvalue weighted by atomic mass is 19.1. The van der Waals surface area contributed by atoms with Gasteiger partial charge in [-0.2, -0.15) is 0 Å². The van der Waals surface area contributed by atoms with Crippen LogP contribution in [0.3, 0.4) is 0 Å². The van der Waals surface area contributed by atoms with Crippen molar-refractivity contribution in [3.63, 3.8) is 0 Å². The molecule has 21 unspecified atom stereocenters. The van der Waals surface area contributed by atoms with Crippen molar-refractivity contribution in [2.45, 2.75) is 264 Å². The number of fused-ring (bicyclic) bond motifs is 7. The molecule has 119 heavy (non-hydrogen) atoms. The third-order valence-electron chi connectivity index (χ3n) is 32.1. The minimum absolute atomic E-state index is 0.0136. The van der Waals surface area contributed by atoms with E-state index in [9.17, 15) is 4.39 Å². The van der Waals surface area contributed by atoms with Gasteiger partial charge >= 0.3 is 0 Å². The number of hydrogen-bond donors (Lipinski definition) is 0. The van der Waals surface area contributed by atoms with Crippen LogP contribution in [0.25, 0.3) is 0 Å². The number of nitrogens with zero attached hydrogens (tertiary/aromatic N) is 2. The molecule has 7 heteroatoms. The van der Waals surface area contributed by atoms with E-state index in [2.05, 4.69) is 280 Å². The quantitative estimate of drug-likeness (QED) is 0.166. The molecule has 3 heterocycles. The molecule has 0 radical (unpaired) electrons. The maximum atomic E-state index is 15.4. The highest BCUT2D eigenvalue weighted by Crippen LogP contribution is 2.67. The van der Waals surface area contributed by atoms with Gasteiger partial charge in [-0.15, -0.1) is 0 Å². The summed E-state index contributed by atoms with van der Waals surface area (Å²) in [6.07, 6.45) is 86.7.